The van der Waals surface area contributed by atoms with E-state index >= 15 is 0 Å². The van der Waals surface area contributed by atoms with Gasteiger partial charge in [-0.1, -0.05) is 37.3 Å². The number of ether oxygens (including phenoxy) is 1. The van der Waals surface area contributed by atoms with E-state index in [1.54, 1.807) is 12.1 Å². The molecule has 1 amide bonds. The molecule has 24 heavy (non-hydrogen) atoms. The van der Waals surface area contributed by atoms with Crippen LogP contribution in [0.1, 0.15) is 30.4 Å². The van der Waals surface area contributed by atoms with Crippen molar-refractivity contribution < 1.29 is 9.53 Å². The highest BCUT2D eigenvalue weighted by Gasteiger charge is 2.35. The predicted molar refractivity (Wildman–Crippen MR) is 89.4 cm³/mol. The topological polar surface area (TPSA) is 66.2 Å². The van der Waals surface area contributed by atoms with Gasteiger partial charge >= 0.3 is 0 Å². The fourth-order valence-electron chi connectivity index (χ4n) is 2.84. The molecule has 0 saturated carbocycles. The predicted octanol–water partition coefficient (Wildman–Crippen LogP) is 2.74. The Morgan fingerprint density at radius 2 is 2.08 bits per heavy atom. The molecule has 1 saturated heterocycles. The minimum atomic E-state index is -0.0970. The van der Waals surface area contributed by atoms with Crippen molar-refractivity contribution in [3.8, 4) is 11.9 Å². The zero-order chi connectivity index (χ0) is 16.9. The van der Waals surface area contributed by atoms with Crippen molar-refractivity contribution in [2.75, 3.05) is 13.1 Å². The van der Waals surface area contributed by atoms with E-state index in [2.05, 4.69) is 4.98 Å². The molecule has 1 unspecified atom stereocenters. The van der Waals surface area contributed by atoms with Crippen LogP contribution in [0.15, 0.2) is 48.7 Å². The lowest BCUT2D eigenvalue weighted by Crippen LogP contribution is -2.57. The first-order valence-electron chi connectivity index (χ1n) is 8.07. The average molecular weight is 321 g/mol. The lowest BCUT2D eigenvalue weighted by atomic mass is 9.93. The van der Waals surface area contributed by atoms with E-state index in [4.69, 9.17) is 10.00 Å². The number of carbonyl (C=O) groups is 1. The summed E-state index contributed by atoms with van der Waals surface area (Å²) in [5, 5.41) is 8.76. The SMILES string of the molecule is CCC(C(=O)N1CC(Oc2ccc(C#N)cn2)C1)c1ccccc1. The number of aromatic nitrogens is 1. The van der Waals surface area contributed by atoms with E-state index in [0.717, 1.165) is 12.0 Å². The average Bonchev–Trinajstić information content (AvgIpc) is 2.59. The smallest absolute Gasteiger partial charge is 0.230 e. The van der Waals surface area contributed by atoms with E-state index in [9.17, 15) is 4.79 Å². The van der Waals surface area contributed by atoms with E-state index in [0.29, 0.717) is 24.5 Å². The first kappa shape index (κ1) is 16.0. The van der Waals surface area contributed by atoms with Gasteiger partial charge in [-0.05, 0) is 18.1 Å². The highest BCUT2D eigenvalue weighted by atomic mass is 16.5. The molecule has 1 aliphatic heterocycles. The van der Waals surface area contributed by atoms with Gasteiger partial charge in [0.25, 0.3) is 0 Å². The Bertz CT molecular complexity index is 731. The minimum absolute atomic E-state index is 0.0392. The molecule has 122 valence electrons. The summed E-state index contributed by atoms with van der Waals surface area (Å²) in [7, 11) is 0. The normalized spacial score (nSPS) is 15.2. The van der Waals surface area contributed by atoms with Gasteiger partial charge in [-0.2, -0.15) is 5.26 Å². The highest BCUT2D eigenvalue weighted by Crippen LogP contribution is 2.25. The fourth-order valence-corrected chi connectivity index (χ4v) is 2.84. The van der Waals surface area contributed by atoms with E-state index in [1.807, 2.05) is 48.2 Å². The zero-order valence-corrected chi connectivity index (χ0v) is 13.6. The second kappa shape index (κ2) is 7.14. The van der Waals surface area contributed by atoms with Gasteiger partial charge in [-0.25, -0.2) is 4.98 Å². The largest absolute Gasteiger partial charge is 0.471 e. The van der Waals surface area contributed by atoms with Crippen LogP contribution in [0.2, 0.25) is 0 Å². The van der Waals surface area contributed by atoms with Crippen molar-refractivity contribution in [1.29, 1.82) is 5.26 Å². The first-order valence-corrected chi connectivity index (χ1v) is 8.07. The van der Waals surface area contributed by atoms with Gasteiger partial charge in [0.15, 0.2) is 0 Å². The monoisotopic (exact) mass is 321 g/mol. The van der Waals surface area contributed by atoms with Crippen molar-refractivity contribution in [3.05, 3.63) is 59.8 Å². The van der Waals surface area contributed by atoms with Crippen LogP contribution in [-0.4, -0.2) is 35.0 Å². The van der Waals surface area contributed by atoms with Crippen molar-refractivity contribution in [2.45, 2.75) is 25.4 Å². The van der Waals surface area contributed by atoms with E-state index < -0.39 is 0 Å². The Balaban J connectivity index is 1.55. The third kappa shape index (κ3) is 3.38. The number of amides is 1. The minimum Gasteiger partial charge on any atom is -0.471 e. The number of nitrogens with zero attached hydrogens (tertiary/aromatic N) is 3. The molecule has 1 atom stereocenters. The van der Waals surface area contributed by atoms with Gasteiger partial charge in [0, 0.05) is 12.3 Å². The van der Waals surface area contributed by atoms with Gasteiger partial charge in [-0.3, -0.25) is 4.79 Å². The Morgan fingerprint density at radius 3 is 2.67 bits per heavy atom. The summed E-state index contributed by atoms with van der Waals surface area (Å²) in [5.74, 6) is 0.540. The maximum atomic E-state index is 12.7. The van der Waals surface area contributed by atoms with Crippen LogP contribution in [0.3, 0.4) is 0 Å². The summed E-state index contributed by atoms with van der Waals surface area (Å²) >= 11 is 0. The highest BCUT2D eigenvalue weighted by molar-refractivity contribution is 5.84. The van der Waals surface area contributed by atoms with Crippen LogP contribution < -0.4 is 4.74 Å². The third-order valence-electron chi connectivity index (χ3n) is 4.22. The molecule has 0 aliphatic carbocycles. The number of carbonyl (C=O) groups excluding carboxylic acids is 1. The van der Waals surface area contributed by atoms with Gasteiger partial charge in [0.05, 0.1) is 24.6 Å². The molecule has 1 aromatic heterocycles. The number of benzene rings is 1. The van der Waals surface area contributed by atoms with Crippen LogP contribution >= 0.6 is 0 Å². The molecular formula is C19H19N3O2. The zero-order valence-electron chi connectivity index (χ0n) is 13.6. The molecule has 5 nitrogen and oxygen atoms in total. The molecule has 3 rings (SSSR count). The summed E-state index contributed by atoms with van der Waals surface area (Å²) < 4.78 is 5.73. The molecular weight excluding hydrogens is 302 g/mol. The Kier molecular flexibility index (Phi) is 4.76. The fraction of sp³-hybridized carbons (Fsp3) is 0.316. The van der Waals surface area contributed by atoms with Gasteiger partial charge in [0.1, 0.15) is 12.2 Å². The van der Waals surface area contributed by atoms with Crippen LogP contribution in [0.5, 0.6) is 5.88 Å². The maximum absolute atomic E-state index is 12.7. The van der Waals surface area contributed by atoms with Crippen LogP contribution in [0, 0.1) is 11.3 Å². The molecule has 2 aromatic rings. The number of nitriles is 1. The number of hydrogen-bond donors (Lipinski definition) is 0. The van der Waals surface area contributed by atoms with Crippen LogP contribution in [-0.2, 0) is 4.79 Å². The number of likely N-dealkylation sites (tertiary alicyclic amines) is 1. The van der Waals surface area contributed by atoms with Crippen molar-refractivity contribution in [2.24, 2.45) is 0 Å². The molecule has 1 fully saturated rings. The van der Waals surface area contributed by atoms with Crippen molar-refractivity contribution >= 4 is 5.91 Å². The van der Waals surface area contributed by atoms with Gasteiger partial charge < -0.3 is 9.64 Å². The molecule has 0 radical (unpaired) electrons. The summed E-state index contributed by atoms with van der Waals surface area (Å²) in [6.45, 7) is 3.18. The summed E-state index contributed by atoms with van der Waals surface area (Å²) in [6.07, 6.45) is 2.23. The van der Waals surface area contributed by atoms with Crippen LogP contribution in [0.4, 0.5) is 0 Å². The van der Waals surface area contributed by atoms with Crippen LogP contribution in [0.25, 0.3) is 0 Å². The number of rotatable bonds is 5. The maximum Gasteiger partial charge on any atom is 0.230 e. The Hall–Kier alpha value is -2.87. The molecule has 2 heterocycles. The molecule has 5 heteroatoms. The van der Waals surface area contributed by atoms with E-state index in [1.165, 1.54) is 6.20 Å². The van der Waals surface area contributed by atoms with E-state index in [-0.39, 0.29) is 17.9 Å². The quantitative estimate of drug-likeness (QED) is 0.849. The number of hydrogen-bond acceptors (Lipinski definition) is 4. The molecule has 0 spiro atoms. The lowest BCUT2D eigenvalue weighted by Gasteiger charge is -2.40. The third-order valence-corrected chi connectivity index (χ3v) is 4.22. The summed E-state index contributed by atoms with van der Waals surface area (Å²) in [4.78, 5) is 18.6. The molecule has 1 aliphatic rings. The Morgan fingerprint density at radius 1 is 1.33 bits per heavy atom. The number of pyridine rings is 1. The van der Waals surface area contributed by atoms with Crippen molar-refractivity contribution in [3.63, 3.8) is 0 Å². The summed E-state index contributed by atoms with van der Waals surface area (Å²) in [6, 6.07) is 15.3. The Labute approximate surface area is 141 Å². The molecule has 1 aromatic carbocycles. The second-order valence-corrected chi connectivity index (χ2v) is 5.85. The van der Waals surface area contributed by atoms with Gasteiger partial charge in [0.2, 0.25) is 11.8 Å². The van der Waals surface area contributed by atoms with Crippen molar-refractivity contribution in [1.82, 2.24) is 9.88 Å². The lowest BCUT2D eigenvalue weighted by molar-refractivity contribution is -0.141. The molecule has 0 bridgehead atoms. The van der Waals surface area contributed by atoms with Gasteiger partial charge in [-0.15, -0.1) is 0 Å². The molecule has 0 N–H and O–H groups in total. The standard InChI is InChI=1S/C19H19N3O2/c1-2-17(15-6-4-3-5-7-15)19(23)22-12-16(13-22)24-18-9-8-14(10-20)11-21-18/h3-9,11,16-17H,2,12-13H2,1H3. The first-order chi connectivity index (χ1) is 11.7. The second-order valence-electron chi connectivity index (χ2n) is 5.85. The summed E-state index contributed by atoms with van der Waals surface area (Å²) in [5.41, 5.74) is 1.56.